The standard InChI is InChI=1S/C10H15Br2ClO/c1-9(2)7(11)6-8(12)10(3,14-9)4-5-13/h4-5,7-8H,6H2,1-3H3. The second-order valence-corrected chi connectivity index (χ2v) is 6.82. The summed E-state index contributed by atoms with van der Waals surface area (Å²) in [6.07, 6.45) is 2.92. The molecule has 3 atom stereocenters. The molecule has 0 aromatic carbocycles. The molecule has 1 fully saturated rings. The zero-order valence-corrected chi connectivity index (χ0v) is 12.5. The van der Waals surface area contributed by atoms with E-state index in [0.29, 0.717) is 4.83 Å². The molecule has 1 rings (SSSR count). The molecular weight excluding hydrogens is 331 g/mol. The number of halogens is 3. The van der Waals surface area contributed by atoms with E-state index in [9.17, 15) is 0 Å². The second kappa shape index (κ2) is 4.44. The molecule has 14 heavy (non-hydrogen) atoms. The number of hydrogen-bond donors (Lipinski definition) is 0. The van der Waals surface area contributed by atoms with Gasteiger partial charge in [0.15, 0.2) is 0 Å². The van der Waals surface area contributed by atoms with Crippen LogP contribution in [0.4, 0.5) is 0 Å². The van der Waals surface area contributed by atoms with Crippen molar-refractivity contribution in [3.63, 3.8) is 0 Å². The van der Waals surface area contributed by atoms with Crippen LogP contribution >= 0.6 is 43.5 Å². The van der Waals surface area contributed by atoms with Crippen LogP contribution in [0.3, 0.4) is 0 Å². The Hall–Kier alpha value is 0.950. The highest BCUT2D eigenvalue weighted by molar-refractivity contribution is 9.10. The van der Waals surface area contributed by atoms with E-state index in [1.165, 1.54) is 5.54 Å². The first-order valence-corrected chi connectivity index (χ1v) is 6.85. The van der Waals surface area contributed by atoms with Gasteiger partial charge in [-0.2, -0.15) is 0 Å². The summed E-state index contributed by atoms with van der Waals surface area (Å²) in [7, 11) is 0. The van der Waals surface area contributed by atoms with Crippen molar-refractivity contribution in [1.29, 1.82) is 0 Å². The Balaban J connectivity index is 2.89. The van der Waals surface area contributed by atoms with Crippen molar-refractivity contribution in [2.45, 2.75) is 48.0 Å². The topological polar surface area (TPSA) is 9.23 Å². The normalized spacial score (nSPS) is 43.0. The Morgan fingerprint density at radius 1 is 1.29 bits per heavy atom. The quantitative estimate of drug-likeness (QED) is 0.646. The Bertz CT molecular complexity index is 242. The van der Waals surface area contributed by atoms with Gasteiger partial charge in [0, 0.05) is 15.2 Å². The smallest absolute Gasteiger partial charge is 0.0978 e. The highest BCUT2D eigenvalue weighted by atomic mass is 79.9. The van der Waals surface area contributed by atoms with Crippen molar-refractivity contribution in [3.05, 3.63) is 11.6 Å². The predicted octanol–water partition coefficient (Wildman–Crippen LogP) is 4.22. The van der Waals surface area contributed by atoms with Crippen LogP contribution in [0.1, 0.15) is 27.2 Å². The summed E-state index contributed by atoms with van der Waals surface area (Å²) in [6, 6.07) is 0. The van der Waals surface area contributed by atoms with Crippen LogP contribution < -0.4 is 0 Å². The molecule has 4 heteroatoms. The van der Waals surface area contributed by atoms with Crippen LogP contribution in [-0.4, -0.2) is 20.9 Å². The van der Waals surface area contributed by atoms with E-state index in [4.69, 9.17) is 16.3 Å². The molecule has 1 nitrogen and oxygen atoms in total. The molecule has 0 aromatic rings. The van der Waals surface area contributed by atoms with Gasteiger partial charge in [0.25, 0.3) is 0 Å². The third-order valence-corrected chi connectivity index (χ3v) is 5.55. The second-order valence-electron chi connectivity index (χ2n) is 4.35. The maximum Gasteiger partial charge on any atom is 0.0978 e. The van der Waals surface area contributed by atoms with Crippen LogP contribution in [0.5, 0.6) is 0 Å². The first kappa shape index (κ1) is 13.0. The highest BCUT2D eigenvalue weighted by Gasteiger charge is 2.46. The van der Waals surface area contributed by atoms with Gasteiger partial charge in [0.1, 0.15) is 0 Å². The number of ether oxygens (including phenoxy) is 1. The molecule has 1 aliphatic rings. The van der Waals surface area contributed by atoms with E-state index in [2.05, 4.69) is 45.7 Å². The van der Waals surface area contributed by atoms with Gasteiger partial charge in [-0.3, -0.25) is 0 Å². The molecule has 1 heterocycles. The Morgan fingerprint density at radius 2 is 1.86 bits per heavy atom. The minimum Gasteiger partial charge on any atom is -0.363 e. The van der Waals surface area contributed by atoms with Gasteiger partial charge < -0.3 is 4.74 Å². The molecule has 0 saturated carbocycles. The number of rotatable bonds is 1. The van der Waals surface area contributed by atoms with Crippen LogP contribution in [-0.2, 0) is 4.74 Å². The molecule has 0 radical (unpaired) electrons. The number of alkyl halides is 2. The average molecular weight is 346 g/mol. The first-order valence-electron chi connectivity index (χ1n) is 4.58. The van der Waals surface area contributed by atoms with E-state index in [0.717, 1.165) is 6.42 Å². The van der Waals surface area contributed by atoms with E-state index in [1.54, 1.807) is 0 Å². The lowest BCUT2D eigenvalue weighted by Gasteiger charge is -2.48. The molecule has 0 amide bonds. The molecule has 0 N–H and O–H groups in total. The largest absolute Gasteiger partial charge is 0.363 e. The van der Waals surface area contributed by atoms with Crippen molar-refractivity contribution in [1.82, 2.24) is 0 Å². The van der Waals surface area contributed by atoms with Gasteiger partial charge in [0.05, 0.1) is 11.2 Å². The van der Waals surface area contributed by atoms with Gasteiger partial charge in [-0.15, -0.1) is 0 Å². The van der Waals surface area contributed by atoms with Crippen molar-refractivity contribution in [2.24, 2.45) is 0 Å². The third kappa shape index (κ3) is 2.55. The van der Waals surface area contributed by atoms with E-state index in [-0.39, 0.29) is 16.0 Å². The van der Waals surface area contributed by atoms with E-state index in [1.807, 2.05) is 13.0 Å². The predicted molar refractivity (Wildman–Crippen MR) is 68.6 cm³/mol. The average Bonchev–Trinajstić information content (AvgIpc) is 2.01. The van der Waals surface area contributed by atoms with Crippen LogP contribution in [0.2, 0.25) is 0 Å². The van der Waals surface area contributed by atoms with Gasteiger partial charge in [0.2, 0.25) is 0 Å². The van der Waals surface area contributed by atoms with Gasteiger partial charge >= 0.3 is 0 Å². The summed E-state index contributed by atoms with van der Waals surface area (Å²) < 4.78 is 6.06. The highest BCUT2D eigenvalue weighted by Crippen LogP contribution is 2.43. The molecule has 0 aliphatic carbocycles. The lowest BCUT2D eigenvalue weighted by molar-refractivity contribution is -0.129. The Kier molecular flexibility index (Phi) is 4.13. The molecule has 0 spiro atoms. The molecular formula is C10H15Br2ClO. The zero-order chi connectivity index (χ0) is 11.0. The molecule has 1 saturated heterocycles. The molecule has 3 unspecified atom stereocenters. The summed E-state index contributed by atoms with van der Waals surface area (Å²) >= 11 is 12.9. The maximum absolute atomic E-state index is 6.06. The lowest BCUT2D eigenvalue weighted by Crippen LogP contribution is -2.54. The van der Waals surface area contributed by atoms with Gasteiger partial charge in [-0.1, -0.05) is 43.5 Å². The molecule has 1 aliphatic heterocycles. The lowest BCUT2D eigenvalue weighted by atomic mass is 9.88. The summed E-state index contributed by atoms with van der Waals surface area (Å²) in [6.45, 7) is 6.23. The van der Waals surface area contributed by atoms with E-state index >= 15 is 0 Å². The third-order valence-electron chi connectivity index (χ3n) is 2.67. The summed E-state index contributed by atoms with van der Waals surface area (Å²) in [5, 5.41) is 0. The first-order chi connectivity index (χ1) is 6.32. The Morgan fingerprint density at radius 3 is 2.36 bits per heavy atom. The van der Waals surface area contributed by atoms with Crippen molar-refractivity contribution < 1.29 is 4.74 Å². The van der Waals surface area contributed by atoms with Crippen LogP contribution in [0.25, 0.3) is 0 Å². The molecule has 0 bridgehead atoms. The minimum absolute atomic E-state index is 0.171. The fourth-order valence-corrected chi connectivity index (χ4v) is 3.50. The SMILES string of the molecule is CC1(C)OC(C)(C=CCl)C(Br)CC1Br. The van der Waals surface area contributed by atoms with Gasteiger partial charge in [-0.05, 0) is 33.3 Å². The summed E-state index contributed by atoms with van der Waals surface area (Å²) in [5.41, 5.74) is 1.03. The zero-order valence-electron chi connectivity index (χ0n) is 8.56. The van der Waals surface area contributed by atoms with Crippen molar-refractivity contribution in [2.75, 3.05) is 0 Å². The monoisotopic (exact) mass is 344 g/mol. The van der Waals surface area contributed by atoms with Crippen molar-refractivity contribution in [3.8, 4) is 0 Å². The molecule has 0 aromatic heterocycles. The number of hydrogen-bond acceptors (Lipinski definition) is 1. The summed E-state index contributed by atoms with van der Waals surface area (Å²) in [4.78, 5) is 0.638. The van der Waals surface area contributed by atoms with Crippen LogP contribution in [0, 0.1) is 0 Å². The minimum atomic E-state index is -0.324. The fourth-order valence-electron chi connectivity index (χ4n) is 1.66. The van der Waals surface area contributed by atoms with Crippen LogP contribution in [0.15, 0.2) is 11.6 Å². The van der Waals surface area contributed by atoms with Crippen molar-refractivity contribution >= 4 is 43.5 Å². The van der Waals surface area contributed by atoms with E-state index < -0.39 is 0 Å². The Labute approximate surface area is 107 Å². The van der Waals surface area contributed by atoms with Gasteiger partial charge in [-0.25, -0.2) is 0 Å². The molecule has 82 valence electrons. The maximum atomic E-state index is 6.06. The fraction of sp³-hybridized carbons (Fsp3) is 0.800. The summed E-state index contributed by atoms with van der Waals surface area (Å²) in [5.74, 6) is 0.